The molecule has 0 unspecified atom stereocenters. The molecule has 0 radical (unpaired) electrons. The predicted octanol–water partition coefficient (Wildman–Crippen LogP) is 7.08. The summed E-state index contributed by atoms with van der Waals surface area (Å²) in [5, 5.41) is -21.6. The second kappa shape index (κ2) is 28.3. The van der Waals surface area contributed by atoms with Crippen molar-refractivity contribution in [3.05, 3.63) is 0 Å². The van der Waals surface area contributed by atoms with Gasteiger partial charge in [-0.05, 0) is 12.8 Å². The van der Waals surface area contributed by atoms with E-state index in [1.54, 1.807) is 6.92 Å². The molecule has 0 heterocycles. The van der Waals surface area contributed by atoms with Gasteiger partial charge in [0.15, 0.2) is 0 Å². The van der Waals surface area contributed by atoms with Crippen molar-refractivity contribution in [2.75, 3.05) is 48.8 Å². The SMILES string of the molecule is CCCC(F)(F)C(F)(F)S(=O)(=O)OC.CCCOC(=O)C(F)(F)S(=O)(=O)OC.CCCOC(=O)CCC(=O)OC.COS(=O)(=O)C(F)(F)C(C)(F)F.COS(=O)(=O)C(F)(F)C(F)(F)C(F)(F)C(C)(F)F. The molecule has 18 nitrogen and oxygen atoms in total. The molecule has 0 spiro atoms. The van der Waals surface area contributed by atoms with E-state index in [1.165, 1.54) is 14.0 Å². The van der Waals surface area contributed by atoms with Gasteiger partial charge in [-0.15, -0.1) is 0 Å². The summed E-state index contributed by atoms with van der Waals surface area (Å²) in [6.07, 6.45) is -0.172. The monoisotopic (exact) mass is 1160 g/mol. The van der Waals surface area contributed by atoms with Crippen LogP contribution >= 0.6 is 0 Å². The quantitative estimate of drug-likeness (QED) is 0.0428. The average molecular weight is 1160 g/mol. The maximum atomic E-state index is 12.7. The van der Waals surface area contributed by atoms with Crippen molar-refractivity contribution in [2.45, 2.75) is 124 Å². The lowest BCUT2D eigenvalue weighted by Crippen LogP contribution is -2.63. The van der Waals surface area contributed by atoms with Gasteiger partial charge in [0, 0.05) is 20.3 Å². The summed E-state index contributed by atoms with van der Waals surface area (Å²) in [4.78, 5) is 32.0. The van der Waals surface area contributed by atoms with Crippen molar-refractivity contribution in [3.8, 4) is 0 Å². The Balaban J connectivity index is -0.000000254. The Labute approximate surface area is 388 Å². The minimum absolute atomic E-state index is 0.0123. The molecule has 424 valence electrons. The fourth-order valence-corrected chi connectivity index (χ4v) is 5.32. The van der Waals surface area contributed by atoms with Crippen molar-refractivity contribution in [3.63, 3.8) is 0 Å². The first kappa shape index (κ1) is 75.7. The van der Waals surface area contributed by atoms with E-state index < -0.39 is 110 Å². The lowest BCUT2D eigenvalue weighted by molar-refractivity contribution is -0.343. The van der Waals surface area contributed by atoms with Crippen molar-refractivity contribution in [1.82, 2.24) is 0 Å². The lowest BCUT2D eigenvalue weighted by Gasteiger charge is -2.34. The molecule has 0 aromatic rings. The normalized spacial score (nSPS) is 13.6. The molecule has 0 fully saturated rings. The van der Waals surface area contributed by atoms with Crippen LogP contribution in [0, 0.1) is 0 Å². The van der Waals surface area contributed by atoms with Gasteiger partial charge in [0.1, 0.15) is 0 Å². The first-order valence-corrected chi connectivity index (χ1v) is 23.4. The second-order valence-electron chi connectivity index (χ2n) is 12.4. The van der Waals surface area contributed by atoms with Crippen molar-refractivity contribution in [1.29, 1.82) is 0 Å². The summed E-state index contributed by atoms with van der Waals surface area (Å²) in [5.74, 6) is -31.2. The second-order valence-corrected chi connectivity index (χ2v) is 19.4. The van der Waals surface area contributed by atoms with Crippen molar-refractivity contribution in [2.24, 2.45) is 0 Å². The van der Waals surface area contributed by atoms with Gasteiger partial charge in [0.05, 0.1) is 61.6 Å². The molecule has 70 heavy (non-hydrogen) atoms. The van der Waals surface area contributed by atoms with Crippen molar-refractivity contribution >= 4 is 58.4 Å². The van der Waals surface area contributed by atoms with Crippen LogP contribution in [-0.4, -0.2) is 151 Å². The van der Waals surface area contributed by atoms with E-state index in [4.69, 9.17) is 4.74 Å². The fourth-order valence-electron chi connectivity index (χ4n) is 2.87. The molecule has 0 N–H and O–H groups in total. The zero-order valence-corrected chi connectivity index (χ0v) is 40.7. The van der Waals surface area contributed by atoms with Crippen LogP contribution in [0.15, 0.2) is 0 Å². The Morgan fingerprint density at radius 2 is 0.743 bits per heavy atom. The van der Waals surface area contributed by atoms with E-state index in [2.05, 4.69) is 26.2 Å². The molecule has 0 aromatic carbocycles. The Kier molecular flexibility index (Phi) is 30.6. The maximum absolute atomic E-state index is 12.7. The highest BCUT2D eigenvalue weighted by Crippen LogP contribution is 2.54. The summed E-state index contributed by atoms with van der Waals surface area (Å²) in [6, 6.07) is 0. The Hall–Kier alpha value is -3.21. The molecule has 0 amide bonds. The van der Waals surface area contributed by atoms with Crippen LogP contribution in [0.1, 0.15) is 73.1 Å². The lowest BCUT2D eigenvalue weighted by atomic mass is 10.1. The molecule has 0 atom stereocenters. The smallest absolute Gasteiger partial charge is 0.466 e. The molecule has 40 heteroatoms. The highest BCUT2D eigenvalue weighted by molar-refractivity contribution is 7.89. The van der Waals surface area contributed by atoms with Gasteiger partial charge in [-0.3, -0.25) is 26.3 Å². The van der Waals surface area contributed by atoms with Crippen LogP contribution in [0.5, 0.6) is 0 Å². The topological polar surface area (TPSA) is 252 Å². The summed E-state index contributed by atoms with van der Waals surface area (Å²) in [7, 11) is -20.2. The number of alkyl halides is 18. The third kappa shape index (κ3) is 20.0. The summed E-state index contributed by atoms with van der Waals surface area (Å²) in [5.41, 5.74) is 0. The molecule has 0 saturated heterocycles. The first-order valence-electron chi connectivity index (χ1n) is 17.7. The number of methoxy groups -OCH3 is 1. The van der Waals surface area contributed by atoms with E-state index >= 15 is 0 Å². The number of hydrogen-bond donors (Lipinski definition) is 0. The highest BCUT2D eigenvalue weighted by atomic mass is 32.2. The number of rotatable bonds is 23. The van der Waals surface area contributed by atoms with Gasteiger partial charge in [0.25, 0.3) is 0 Å². The zero-order chi connectivity index (χ0) is 57.8. The van der Waals surface area contributed by atoms with Crippen LogP contribution < -0.4 is 0 Å². The molecule has 0 aliphatic carbocycles. The van der Waals surface area contributed by atoms with Crippen LogP contribution in [0.2, 0.25) is 0 Å². The number of carbonyl (C=O) groups is 3. The predicted molar refractivity (Wildman–Crippen MR) is 198 cm³/mol. The van der Waals surface area contributed by atoms with Gasteiger partial charge in [-0.2, -0.15) is 113 Å². The minimum atomic E-state index is -6.87. The standard InChI is InChI=1S/C8H14O4.C6H6F8O3S.C6H10F4O3S.C6H10F2O5S.C4H6F4O3S/c1-3-6-12-8(10)5-4-7(9)11-2;1-3(7,8)4(9,10)5(11,12)6(13,14)18(15,16)17-2;1-3-4-5(7,8)6(9,10)14(11,12)13-2;1-3-4-13-5(9)6(7,8)14(10,11)12-2;1-3(5,6)4(7,8)12(9,10)11-2/h3-6H2,1-2H3;1-2H3;2*3-4H2,1-2H3;1-2H3. The number of halogens is 18. The van der Waals surface area contributed by atoms with Crippen LogP contribution in [-0.2, 0) is 85.8 Å². The van der Waals surface area contributed by atoms with E-state index in [0.29, 0.717) is 34.4 Å². The van der Waals surface area contributed by atoms with Gasteiger partial charge >= 0.3 is 109 Å². The van der Waals surface area contributed by atoms with E-state index in [-0.39, 0.29) is 51.8 Å². The number of ether oxygens (including phenoxy) is 3. The highest BCUT2D eigenvalue weighted by Gasteiger charge is 2.83. The van der Waals surface area contributed by atoms with Gasteiger partial charge in [0.2, 0.25) is 0 Å². The van der Waals surface area contributed by atoms with E-state index in [1.807, 2.05) is 6.92 Å². The fraction of sp³-hybridized carbons (Fsp3) is 0.900. The molecule has 0 rings (SSSR count). The molecule has 0 aliphatic heterocycles. The van der Waals surface area contributed by atoms with Crippen LogP contribution in [0.25, 0.3) is 0 Å². The molecule has 0 bridgehead atoms. The van der Waals surface area contributed by atoms with Crippen LogP contribution in [0.4, 0.5) is 79.0 Å². The first-order chi connectivity index (χ1) is 30.7. The summed E-state index contributed by atoms with van der Waals surface area (Å²) < 4.78 is 335. The third-order valence-corrected chi connectivity index (χ3v) is 12.2. The molecule has 0 aromatic heterocycles. The van der Waals surface area contributed by atoms with Gasteiger partial charge < -0.3 is 14.2 Å². The Morgan fingerprint density at radius 3 is 1.03 bits per heavy atom. The Morgan fingerprint density at radius 1 is 0.414 bits per heavy atom. The van der Waals surface area contributed by atoms with E-state index in [9.17, 15) is 127 Å². The molecular weight excluding hydrogens is 1120 g/mol. The van der Waals surface area contributed by atoms with Gasteiger partial charge in [-0.25, -0.2) is 4.79 Å². The molecule has 0 aliphatic rings. The van der Waals surface area contributed by atoms with Crippen molar-refractivity contribution < 1.29 is 158 Å². The zero-order valence-electron chi connectivity index (χ0n) is 37.4. The average Bonchev–Trinajstić information content (AvgIpc) is 3.23. The molecule has 0 saturated carbocycles. The Bertz CT molecular complexity index is 2080. The third-order valence-electron chi connectivity index (χ3n) is 6.85. The summed E-state index contributed by atoms with van der Waals surface area (Å²) in [6.45, 7) is 3.92. The maximum Gasteiger partial charge on any atom is 0.466 e. The van der Waals surface area contributed by atoms with E-state index in [0.717, 1.165) is 6.42 Å². The number of hydrogen-bond acceptors (Lipinski definition) is 18. The largest absolute Gasteiger partial charge is 0.469 e. The van der Waals surface area contributed by atoms with Crippen LogP contribution in [0.3, 0.4) is 0 Å². The molecular formula is C30H46F18O18S4. The number of esters is 3. The van der Waals surface area contributed by atoms with Gasteiger partial charge in [-0.1, -0.05) is 27.2 Å². The minimum Gasteiger partial charge on any atom is -0.469 e. The number of carbonyl (C=O) groups excluding carboxylic acids is 3. The summed E-state index contributed by atoms with van der Waals surface area (Å²) >= 11 is 0.